The molecule has 0 saturated carbocycles. The highest BCUT2D eigenvalue weighted by Gasteiger charge is 2.10. The molecule has 0 bridgehead atoms. The Morgan fingerprint density at radius 2 is 2.13 bits per heavy atom. The van der Waals surface area contributed by atoms with Crippen LogP contribution in [0.2, 0.25) is 5.02 Å². The molecule has 1 unspecified atom stereocenters. The fourth-order valence-electron chi connectivity index (χ4n) is 1.44. The van der Waals surface area contributed by atoms with Crippen LogP contribution < -0.4 is 11.1 Å². The van der Waals surface area contributed by atoms with Gasteiger partial charge in [-0.15, -0.1) is 0 Å². The van der Waals surface area contributed by atoms with Crippen molar-refractivity contribution in [3.8, 4) is 0 Å². The van der Waals surface area contributed by atoms with E-state index in [2.05, 4.69) is 19.2 Å². The molecule has 84 valence electrons. The highest BCUT2D eigenvalue weighted by molar-refractivity contribution is 6.30. The van der Waals surface area contributed by atoms with Crippen LogP contribution in [0.4, 0.5) is 5.69 Å². The predicted molar refractivity (Wildman–Crippen MR) is 67.3 cm³/mol. The zero-order chi connectivity index (χ0) is 11.3. The molecule has 0 radical (unpaired) electrons. The van der Waals surface area contributed by atoms with Gasteiger partial charge in [0.25, 0.3) is 0 Å². The SMILES string of the molecule is CC(C)C(CN)CNc1cccc(Cl)c1. The lowest BCUT2D eigenvalue weighted by Gasteiger charge is -2.19. The molecule has 15 heavy (non-hydrogen) atoms. The molecule has 1 aromatic carbocycles. The van der Waals surface area contributed by atoms with Crippen LogP contribution in [0.1, 0.15) is 13.8 Å². The molecular formula is C12H19ClN2. The van der Waals surface area contributed by atoms with E-state index in [1.54, 1.807) is 0 Å². The Balaban J connectivity index is 2.49. The molecule has 0 amide bonds. The summed E-state index contributed by atoms with van der Waals surface area (Å²) in [6, 6.07) is 7.75. The first-order valence-corrected chi connectivity index (χ1v) is 5.70. The van der Waals surface area contributed by atoms with E-state index in [9.17, 15) is 0 Å². The van der Waals surface area contributed by atoms with Crippen molar-refractivity contribution < 1.29 is 0 Å². The monoisotopic (exact) mass is 226 g/mol. The lowest BCUT2D eigenvalue weighted by molar-refractivity contribution is 0.413. The Kier molecular flexibility index (Phi) is 4.92. The smallest absolute Gasteiger partial charge is 0.0426 e. The van der Waals surface area contributed by atoms with E-state index in [1.165, 1.54) is 0 Å². The van der Waals surface area contributed by atoms with Crippen molar-refractivity contribution in [2.24, 2.45) is 17.6 Å². The minimum Gasteiger partial charge on any atom is -0.385 e. The molecule has 3 heteroatoms. The van der Waals surface area contributed by atoms with Crippen molar-refractivity contribution >= 4 is 17.3 Å². The Labute approximate surface area is 96.8 Å². The quantitative estimate of drug-likeness (QED) is 0.810. The molecule has 0 aliphatic rings. The van der Waals surface area contributed by atoms with Crippen molar-refractivity contribution in [1.29, 1.82) is 0 Å². The number of anilines is 1. The van der Waals surface area contributed by atoms with Gasteiger partial charge in [-0.25, -0.2) is 0 Å². The first kappa shape index (κ1) is 12.3. The van der Waals surface area contributed by atoms with Crippen LogP contribution in [0.3, 0.4) is 0 Å². The topological polar surface area (TPSA) is 38.0 Å². The normalized spacial score (nSPS) is 12.9. The van der Waals surface area contributed by atoms with Crippen LogP contribution in [0.5, 0.6) is 0 Å². The summed E-state index contributed by atoms with van der Waals surface area (Å²) >= 11 is 5.89. The van der Waals surface area contributed by atoms with E-state index in [4.69, 9.17) is 17.3 Å². The fraction of sp³-hybridized carbons (Fsp3) is 0.500. The largest absolute Gasteiger partial charge is 0.385 e. The third-order valence-electron chi connectivity index (χ3n) is 2.64. The van der Waals surface area contributed by atoms with Gasteiger partial charge in [-0.05, 0) is 36.6 Å². The Morgan fingerprint density at radius 1 is 1.40 bits per heavy atom. The van der Waals surface area contributed by atoms with E-state index in [0.29, 0.717) is 18.4 Å². The van der Waals surface area contributed by atoms with Gasteiger partial charge in [0, 0.05) is 17.3 Å². The van der Waals surface area contributed by atoms with Crippen LogP contribution in [0.15, 0.2) is 24.3 Å². The number of hydrogen-bond donors (Lipinski definition) is 2. The zero-order valence-electron chi connectivity index (χ0n) is 9.33. The maximum Gasteiger partial charge on any atom is 0.0426 e. The molecule has 0 aromatic heterocycles. The van der Waals surface area contributed by atoms with Gasteiger partial charge < -0.3 is 11.1 Å². The van der Waals surface area contributed by atoms with Gasteiger partial charge in [-0.2, -0.15) is 0 Å². The first-order valence-electron chi connectivity index (χ1n) is 5.33. The summed E-state index contributed by atoms with van der Waals surface area (Å²) in [5.74, 6) is 1.10. The molecule has 2 nitrogen and oxygen atoms in total. The highest BCUT2D eigenvalue weighted by Crippen LogP contribution is 2.16. The van der Waals surface area contributed by atoms with Crippen LogP contribution >= 0.6 is 11.6 Å². The second kappa shape index (κ2) is 5.99. The predicted octanol–water partition coefficient (Wildman–Crippen LogP) is 2.98. The second-order valence-electron chi connectivity index (χ2n) is 4.13. The van der Waals surface area contributed by atoms with E-state index < -0.39 is 0 Å². The molecule has 3 N–H and O–H groups in total. The number of nitrogens with one attached hydrogen (secondary N) is 1. The number of benzene rings is 1. The second-order valence-corrected chi connectivity index (χ2v) is 4.57. The molecule has 0 fully saturated rings. The summed E-state index contributed by atoms with van der Waals surface area (Å²) in [4.78, 5) is 0. The lowest BCUT2D eigenvalue weighted by atomic mass is 9.96. The van der Waals surface area contributed by atoms with Crippen LogP contribution in [-0.2, 0) is 0 Å². The van der Waals surface area contributed by atoms with Gasteiger partial charge in [0.05, 0.1) is 0 Å². The minimum atomic E-state index is 0.504. The fourth-order valence-corrected chi connectivity index (χ4v) is 1.63. The van der Waals surface area contributed by atoms with Crippen molar-refractivity contribution in [3.63, 3.8) is 0 Å². The molecular weight excluding hydrogens is 208 g/mol. The van der Waals surface area contributed by atoms with Crippen molar-refractivity contribution in [1.82, 2.24) is 0 Å². The molecule has 1 rings (SSSR count). The molecule has 0 heterocycles. The maximum absolute atomic E-state index is 5.89. The van der Waals surface area contributed by atoms with Crippen molar-refractivity contribution in [3.05, 3.63) is 29.3 Å². The average Bonchev–Trinajstić information content (AvgIpc) is 2.18. The van der Waals surface area contributed by atoms with E-state index >= 15 is 0 Å². The van der Waals surface area contributed by atoms with E-state index in [-0.39, 0.29) is 0 Å². The van der Waals surface area contributed by atoms with Crippen LogP contribution in [0.25, 0.3) is 0 Å². The van der Waals surface area contributed by atoms with E-state index in [1.807, 2.05) is 24.3 Å². The summed E-state index contributed by atoms with van der Waals surface area (Å²) < 4.78 is 0. The first-order chi connectivity index (χ1) is 7.13. The highest BCUT2D eigenvalue weighted by atomic mass is 35.5. The summed E-state index contributed by atoms with van der Waals surface area (Å²) in [7, 11) is 0. The van der Waals surface area contributed by atoms with Gasteiger partial charge in [0.1, 0.15) is 0 Å². The molecule has 0 saturated heterocycles. The molecule has 0 aliphatic carbocycles. The Bertz CT molecular complexity index is 299. The van der Waals surface area contributed by atoms with Crippen LogP contribution in [-0.4, -0.2) is 13.1 Å². The number of hydrogen-bond acceptors (Lipinski definition) is 2. The molecule has 0 spiro atoms. The Morgan fingerprint density at radius 3 is 2.67 bits per heavy atom. The third kappa shape index (κ3) is 4.10. The summed E-state index contributed by atoms with van der Waals surface area (Å²) in [6.45, 7) is 5.99. The van der Waals surface area contributed by atoms with Gasteiger partial charge >= 0.3 is 0 Å². The summed E-state index contributed by atoms with van der Waals surface area (Å²) in [6.07, 6.45) is 0. The van der Waals surface area contributed by atoms with Gasteiger partial charge in [-0.3, -0.25) is 0 Å². The molecule has 1 atom stereocenters. The molecule has 1 aromatic rings. The lowest BCUT2D eigenvalue weighted by Crippen LogP contribution is -2.27. The molecule has 0 aliphatic heterocycles. The van der Waals surface area contributed by atoms with Crippen molar-refractivity contribution in [2.75, 3.05) is 18.4 Å². The average molecular weight is 227 g/mol. The van der Waals surface area contributed by atoms with Gasteiger partial charge in [0.2, 0.25) is 0 Å². The minimum absolute atomic E-state index is 0.504. The summed E-state index contributed by atoms with van der Waals surface area (Å²) in [5, 5.41) is 4.11. The maximum atomic E-state index is 5.89. The third-order valence-corrected chi connectivity index (χ3v) is 2.87. The standard InChI is InChI=1S/C12H19ClN2/c1-9(2)10(7-14)8-15-12-5-3-4-11(13)6-12/h3-6,9-10,15H,7-8,14H2,1-2H3. The zero-order valence-corrected chi connectivity index (χ0v) is 10.1. The van der Waals surface area contributed by atoms with Gasteiger partial charge in [0.15, 0.2) is 0 Å². The van der Waals surface area contributed by atoms with Crippen molar-refractivity contribution in [2.45, 2.75) is 13.8 Å². The summed E-state index contributed by atoms with van der Waals surface area (Å²) in [5.41, 5.74) is 6.76. The Hall–Kier alpha value is -0.730. The number of nitrogens with two attached hydrogens (primary N) is 1. The number of rotatable bonds is 5. The van der Waals surface area contributed by atoms with Crippen LogP contribution in [0, 0.1) is 11.8 Å². The van der Waals surface area contributed by atoms with Gasteiger partial charge in [-0.1, -0.05) is 31.5 Å². The number of halogens is 1. The van der Waals surface area contributed by atoms with E-state index in [0.717, 1.165) is 17.3 Å².